The van der Waals surface area contributed by atoms with Gasteiger partial charge in [-0.25, -0.2) is 8.42 Å². The van der Waals surface area contributed by atoms with Gasteiger partial charge in [-0.15, -0.1) is 0 Å². The number of nitro groups is 1. The van der Waals surface area contributed by atoms with E-state index in [1.54, 1.807) is 6.92 Å². The molecule has 0 heterocycles. The van der Waals surface area contributed by atoms with Crippen LogP contribution in [0.3, 0.4) is 0 Å². The maximum absolute atomic E-state index is 12.7. The van der Waals surface area contributed by atoms with Gasteiger partial charge in [0.1, 0.15) is 18.4 Å². The summed E-state index contributed by atoms with van der Waals surface area (Å²) in [5.41, 5.74) is 0.727. The summed E-state index contributed by atoms with van der Waals surface area (Å²) in [6.45, 7) is 5.26. The number of anilines is 1. The molecule has 0 fully saturated rings. The number of rotatable bonds is 9. The molecule has 9 nitrogen and oxygen atoms in total. The van der Waals surface area contributed by atoms with Gasteiger partial charge in [0.2, 0.25) is 15.9 Å². The number of para-hydroxylation sites is 1. The van der Waals surface area contributed by atoms with Gasteiger partial charge in [0.15, 0.2) is 0 Å². The van der Waals surface area contributed by atoms with Crippen molar-refractivity contribution in [3.63, 3.8) is 0 Å². The molecule has 0 aliphatic carbocycles. The molecule has 0 bridgehead atoms. The molecule has 162 valence electrons. The standard InChI is InChI=1S/C20H25N3O6S/c1-14-8-5-6-11-19(14)29-13-15(2)21-20(24)16(3)22(30(4,27)28)17-9-7-10-18(12-17)23(25)26/h5-12,15-16H,13H2,1-4H3,(H,21,24)/t15-,16+/m0/s1. The predicted octanol–water partition coefficient (Wildman–Crippen LogP) is 2.64. The van der Waals surface area contributed by atoms with Crippen molar-refractivity contribution < 1.29 is 22.9 Å². The first-order valence-electron chi connectivity index (χ1n) is 9.23. The molecule has 0 aliphatic rings. The van der Waals surface area contributed by atoms with Crippen molar-refractivity contribution in [2.24, 2.45) is 0 Å². The first-order chi connectivity index (χ1) is 14.0. The summed E-state index contributed by atoms with van der Waals surface area (Å²) in [6, 6.07) is 11.1. The lowest BCUT2D eigenvalue weighted by Crippen LogP contribution is -2.50. The van der Waals surface area contributed by atoms with Gasteiger partial charge in [-0.2, -0.15) is 0 Å². The number of aryl methyl sites for hydroxylation is 1. The van der Waals surface area contributed by atoms with Gasteiger partial charge >= 0.3 is 0 Å². The largest absolute Gasteiger partial charge is 0.491 e. The molecule has 0 radical (unpaired) electrons. The van der Waals surface area contributed by atoms with Crippen LogP contribution in [-0.4, -0.2) is 44.2 Å². The Bertz CT molecular complexity index is 1020. The molecule has 2 aromatic rings. The highest BCUT2D eigenvalue weighted by Crippen LogP contribution is 2.25. The summed E-state index contributed by atoms with van der Waals surface area (Å²) in [5.74, 6) is 0.147. The van der Waals surface area contributed by atoms with E-state index >= 15 is 0 Å². The third kappa shape index (κ3) is 5.93. The number of benzene rings is 2. The summed E-state index contributed by atoms with van der Waals surface area (Å²) in [6.07, 6.45) is 0.945. The number of carbonyl (C=O) groups excluding carboxylic acids is 1. The normalized spacial score (nSPS) is 13.2. The number of ether oxygens (including phenoxy) is 1. The molecule has 2 rings (SSSR count). The van der Waals surface area contributed by atoms with Crippen molar-refractivity contribution in [3.05, 3.63) is 64.2 Å². The highest BCUT2D eigenvalue weighted by molar-refractivity contribution is 7.92. The SMILES string of the molecule is Cc1ccccc1OC[C@H](C)NC(=O)[C@@H](C)N(c1cccc([N+](=O)[O-])c1)S(C)(=O)=O. The van der Waals surface area contributed by atoms with E-state index in [0.717, 1.165) is 22.2 Å². The van der Waals surface area contributed by atoms with Crippen LogP contribution in [0.2, 0.25) is 0 Å². The average Bonchev–Trinajstić information content (AvgIpc) is 2.66. The Hall–Kier alpha value is -3.14. The van der Waals surface area contributed by atoms with Crippen LogP contribution < -0.4 is 14.4 Å². The Labute approximate surface area is 175 Å². The number of amides is 1. The van der Waals surface area contributed by atoms with E-state index in [1.165, 1.54) is 25.1 Å². The summed E-state index contributed by atoms with van der Waals surface area (Å²) < 4.78 is 31.3. The summed E-state index contributed by atoms with van der Waals surface area (Å²) in [5, 5.41) is 13.8. The van der Waals surface area contributed by atoms with Gasteiger partial charge in [0, 0.05) is 12.1 Å². The molecule has 30 heavy (non-hydrogen) atoms. The van der Waals surface area contributed by atoms with Gasteiger partial charge in [-0.05, 0) is 38.5 Å². The van der Waals surface area contributed by atoms with Crippen molar-refractivity contribution in [3.8, 4) is 5.75 Å². The molecule has 0 saturated heterocycles. The molecule has 0 spiro atoms. The molecule has 0 unspecified atom stereocenters. The second kappa shape index (κ2) is 9.57. The quantitative estimate of drug-likeness (QED) is 0.478. The van der Waals surface area contributed by atoms with Gasteiger partial charge in [0.25, 0.3) is 5.69 Å². The highest BCUT2D eigenvalue weighted by Gasteiger charge is 2.30. The molecule has 2 atom stereocenters. The zero-order valence-corrected chi connectivity index (χ0v) is 18.0. The molecular weight excluding hydrogens is 410 g/mol. The minimum Gasteiger partial charge on any atom is -0.491 e. The van der Waals surface area contributed by atoms with Crippen LogP contribution in [0.25, 0.3) is 0 Å². The number of hydrogen-bond acceptors (Lipinski definition) is 6. The van der Waals surface area contributed by atoms with Gasteiger partial charge in [-0.1, -0.05) is 24.3 Å². The fraction of sp³-hybridized carbons (Fsp3) is 0.350. The number of nitro benzene ring substituents is 1. The van der Waals surface area contributed by atoms with Crippen LogP contribution in [-0.2, 0) is 14.8 Å². The Morgan fingerprint density at radius 1 is 1.20 bits per heavy atom. The Balaban J connectivity index is 2.13. The molecule has 0 aromatic heterocycles. The number of nitrogens with one attached hydrogen (secondary N) is 1. The second-order valence-electron chi connectivity index (χ2n) is 7.00. The van der Waals surface area contributed by atoms with Crippen LogP contribution in [0.1, 0.15) is 19.4 Å². The van der Waals surface area contributed by atoms with E-state index in [1.807, 2.05) is 31.2 Å². The lowest BCUT2D eigenvalue weighted by atomic mass is 10.2. The smallest absolute Gasteiger partial charge is 0.271 e. The molecule has 2 aromatic carbocycles. The van der Waals surface area contributed by atoms with E-state index in [9.17, 15) is 23.3 Å². The highest BCUT2D eigenvalue weighted by atomic mass is 32.2. The van der Waals surface area contributed by atoms with E-state index in [-0.39, 0.29) is 18.0 Å². The van der Waals surface area contributed by atoms with E-state index in [4.69, 9.17) is 4.74 Å². The van der Waals surface area contributed by atoms with E-state index in [2.05, 4.69) is 5.32 Å². The van der Waals surface area contributed by atoms with Gasteiger partial charge < -0.3 is 10.1 Å². The average molecular weight is 436 g/mol. The van der Waals surface area contributed by atoms with Gasteiger partial charge in [-0.3, -0.25) is 19.2 Å². The Kier molecular flexibility index (Phi) is 7.38. The first kappa shape index (κ1) is 23.1. The summed E-state index contributed by atoms with van der Waals surface area (Å²) in [7, 11) is -3.88. The van der Waals surface area contributed by atoms with E-state index in [0.29, 0.717) is 5.75 Å². The minimum absolute atomic E-state index is 0.0400. The fourth-order valence-electron chi connectivity index (χ4n) is 2.89. The van der Waals surface area contributed by atoms with Crippen molar-refractivity contribution >= 4 is 27.3 Å². The first-order valence-corrected chi connectivity index (χ1v) is 11.1. The number of nitrogens with zero attached hydrogens (tertiary/aromatic N) is 2. The maximum Gasteiger partial charge on any atom is 0.271 e. The Morgan fingerprint density at radius 2 is 1.87 bits per heavy atom. The third-order valence-corrected chi connectivity index (χ3v) is 5.60. The van der Waals surface area contributed by atoms with Crippen LogP contribution in [0.15, 0.2) is 48.5 Å². The molecule has 1 N–H and O–H groups in total. The number of carbonyl (C=O) groups is 1. The van der Waals surface area contributed by atoms with Crippen LogP contribution in [0, 0.1) is 17.0 Å². The maximum atomic E-state index is 12.7. The van der Waals surface area contributed by atoms with Crippen LogP contribution >= 0.6 is 0 Å². The Morgan fingerprint density at radius 3 is 2.47 bits per heavy atom. The summed E-state index contributed by atoms with van der Waals surface area (Å²) >= 11 is 0. The zero-order valence-electron chi connectivity index (χ0n) is 17.2. The fourth-order valence-corrected chi connectivity index (χ4v) is 4.06. The van der Waals surface area contributed by atoms with Crippen molar-refractivity contribution in [2.75, 3.05) is 17.2 Å². The van der Waals surface area contributed by atoms with Crippen molar-refractivity contribution in [1.82, 2.24) is 5.32 Å². The number of non-ortho nitro benzene ring substituents is 1. The zero-order chi connectivity index (χ0) is 22.5. The lowest BCUT2D eigenvalue weighted by Gasteiger charge is -2.29. The predicted molar refractivity (Wildman–Crippen MR) is 114 cm³/mol. The number of hydrogen-bond donors (Lipinski definition) is 1. The molecule has 0 aliphatic heterocycles. The van der Waals surface area contributed by atoms with Gasteiger partial charge in [0.05, 0.1) is 22.9 Å². The molecule has 1 amide bonds. The topological polar surface area (TPSA) is 119 Å². The van der Waals surface area contributed by atoms with Crippen LogP contribution in [0.4, 0.5) is 11.4 Å². The third-order valence-electron chi connectivity index (χ3n) is 4.35. The monoisotopic (exact) mass is 435 g/mol. The van der Waals surface area contributed by atoms with Crippen LogP contribution in [0.5, 0.6) is 5.75 Å². The van der Waals surface area contributed by atoms with E-state index < -0.39 is 32.9 Å². The molecule has 0 saturated carbocycles. The number of sulfonamides is 1. The molecule has 10 heteroatoms. The lowest BCUT2D eigenvalue weighted by molar-refractivity contribution is -0.384. The molecular formula is C20H25N3O6S. The van der Waals surface area contributed by atoms with Crippen molar-refractivity contribution in [1.29, 1.82) is 0 Å². The summed E-state index contributed by atoms with van der Waals surface area (Å²) in [4.78, 5) is 23.1. The minimum atomic E-state index is -3.88. The second-order valence-corrected chi connectivity index (χ2v) is 8.86. The van der Waals surface area contributed by atoms with Crippen molar-refractivity contribution in [2.45, 2.75) is 32.9 Å².